The molecule has 142 valence electrons. The van der Waals surface area contributed by atoms with E-state index in [0.29, 0.717) is 6.61 Å². The molecule has 6 heteroatoms. The minimum Gasteiger partial charge on any atom is -0.466 e. The summed E-state index contributed by atoms with van der Waals surface area (Å²) in [6, 6.07) is 20.1. The number of esters is 1. The molecule has 0 amide bonds. The number of hydrogen-bond donors (Lipinski definition) is 1. The third kappa shape index (κ3) is 3.79. The Hall–Kier alpha value is -2.52. The van der Waals surface area contributed by atoms with Crippen molar-refractivity contribution < 1.29 is 9.53 Å². The standard InChI is InChI=1S/C21H26N3O2P/c1-3-20(17-21(25)26-4-2)27(22)23(18-11-7-5-8-12-18)15-16-24(27)19-13-9-6-10-14-19/h3,5-14,22H,4,15-17H2,1-2H3/b20-3-. The van der Waals surface area contributed by atoms with Crippen LogP contribution in [0.15, 0.2) is 72.1 Å². The molecule has 0 radical (unpaired) electrons. The van der Waals surface area contributed by atoms with E-state index < -0.39 is 7.36 Å². The number of nitrogens with zero attached hydrogens (tertiary/aromatic N) is 2. The van der Waals surface area contributed by atoms with E-state index in [1.54, 1.807) is 6.92 Å². The van der Waals surface area contributed by atoms with Crippen LogP contribution >= 0.6 is 7.36 Å². The van der Waals surface area contributed by atoms with Crippen LogP contribution in [0.5, 0.6) is 0 Å². The highest BCUT2D eigenvalue weighted by Gasteiger charge is 2.42. The minimum absolute atomic E-state index is 0.147. The van der Waals surface area contributed by atoms with Crippen molar-refractivity contribution in [2.24, 2.45) is 0 Å². The van der Waals surface area contributed by atoms with Crippen molar-refractivity contribution >= 4 is 24.7 Å². The molecule has 1 fully saturated rings. The maximum atomic E-state index is 12.2. The van der Waals surface area contributed by atoms with Crippen molar-refractivity contribution in [2.45, 2.75) is 20.3 Å². The second-order valence-corrected chi connectivity index (χ2v) is 9.02. The van der Waals surface area contributed by atoms with Gasteiger partial charge in [0.1, 0.15) is 0 Å². The number of nitrogens with one attached hydrogen (secondary N) is 1. The van der Waals surface area contributed by atoms with Crippen molar-refractivity contribution in [3.05, 3.63) is 72.1 Å². The predicted molar refractivity (Wildman–Crippen MR) is 112 cm³/mol. The summed E-state index contributed by atoms with van der Waals surface area (Å²) in [4.78, 5) is 12.2. The van der Waals surface area contributed by atoms with Crippen LogP contribution in [0.25, 0.3) is 0 Å². The zero-order valence-electron chi connectivity index (χ0n) is 15.8. The Kier molecular flexibility index (Phi) is 6.02. The van der Waals surface area contributed by atoms with E-state index in [0.717, 1.165) is 29.8 Å². The molecule has 0 bridgehead atoms. The first kappa shape index (κ1) is 19.2. The molecule has 3 rings (SSSR count). The quantitative estimate of drug-likeness (QED) is 0.530. The molecular weight excluding hydrogens is 357 g/mol. The fourth-order valence-electron chi connectivity index (χ4n) is 3.46. The SMILES string of the molecule is C/C=C(/CC(=O)OCC)P1(=N)N(c2ccccc2)CCN1c1ccccc1. The molecule has 0 atom stereocenters. The van der Waals surface area contributed by atoms with E-state index in [9.17, 15) is 9.96 Å². The first-order chi connectivity index (χ1) is 13.1. The lowest BCUT2D eigenvalue weighted by molar-refractivity contribution is -0.142. The lowest BCUT2D eigenvalue weighted by Gasteiger charge is -2.38. The topological polar surface area (TPSA) is 56.6 Å². The molecule has 1 aliphatic heterocycles. The van der Waals surface area contributed by atoms with Crippen LogP contribution in [0.4, 0.5) is 11.4 Å². The van der Waals surface area contributed by atoms with E-state index in [-0.39, 0.29) is 12.4 Å². The Balaban J connectivity index is 2.06. The maximum absolute atomic E-state index is 12.2. The van der Waals surface area contributed by atoms with Gasteiger partial charge in [-0.3, -0.25) is 9.96 Å². The van der Waals surface area contributed by atoms with Gasteiger partial charge in [0.05, 0.1) is 13.0 Å². The van der Waals surface area contributed by atoms with Gasteiger partial charge in [-0.05, 0) is 38.1 Å². The van der Waals surface area contributed by atoms with Crippen LogP contribution in [0.2, 0.25) is 0 Å². The van der Waals surface area contributed by atoms with Crippen LogP contribution in [0.3, 0.4) is 0 Å². The lowest BCUT2D eigenvalue weighted by atomic mass is 10.3. The van der Waals surface area contributed by atoms with Gasteiger partial charge in [0.15, 0.2) is 7.36 Å². The summed E-state index contributed by atoms with van der Waals surface area (Å²) in [5.74, 6) is -0.273. The highest BCUT2D eigenvalue weighted by Crippen LogP contribution is 2.66. The van der Waals surface area contributed by atoms with Crippen molar-refractivity contribution in [2.75, 3.05) is 29.0 Å². The number of carbonyl (C=O) groups excluding carboxylic acids is 1. The summed E-state index contributed by atoms with van der Waals surface area (Å²) < 4.78 is 9.50. The second-order valence-electron chi connectivity index (χ2n) is 6.28. The average Bonchev–Trinajstić information content (AvgIpc) is 3.05. The highest BCUT2D eigenvalue weighted by molar-refractivity contribution is 7.72. The predicted octanol–water partition coefficient (Wildman–Crippen LogP) is 5.48. The van der Waals surface area contributed by atoms with Crippen LogP contribution in [0.1, 0.15) is 20.3 Å². The first-order valence-corrected chi connectivity index (χ1v) is 10.9. The van der Waals surface area contributed by atoms with Crippen LogP contribution < -0.4 is 9.34 Å². The van der Waals surface area contributed by atoms with Gasteiger partial charge in [-0.1, -0.05) is 42.5 Å². The number of anilines is 2. The molecule has 1 saturated heterocycles. The lowest BCUT2D eigenvalue weighted by Crippen LogP contribution is -2.21. The van der Waals surface area contributed by atoms with E-state index in [4.69, 9.17) is 4.74 Å². The van der Waals surface area contributed by atoms with Gasteiger partial charge >= 0.3 is 5.97 Å². The molecule has 5 nitrogen and oxygen atoms in total. The van der Waals surface area contributed by atoms with Gasteiger partial charge in [0.2, 0.25) is 0 Å². The third-order valence-electron chi connectivity index (χ3n) is 4.70. The van der Waals surface area contributed by atoms with E-state index in [1.165, 1.54) is 0 Å². The molecule has 0 spiro atoms. The maximum Gasteiger partial charge on any atom is 0.310 e. The molecule has 1 N–H and O–H groups in total. The van der Waals surface area contributed by atoms with Gasteiger partial charge in [0.25, 0.3) is 0 Å². The van der Waals surface area contributed by atoms with Crippen LogP contribution in [-0.4, -0.2) is 25.7 Å². The number of hydrogen-bond acceptors (Lipinski definition) is 3. The van der Waals surface area contributed by atoms with Crippen LogP contribution in [-0.2, 0) is 9.53 Å². The number of benzene rings is 2. The van der Waals surface area contributed by atoms with Crippen LogP contribution in [0, 0.1) is 5.16 Å². The van der Waals surface area contributed by atoms with Gasteiger partial charge in [0, 0.05) is 29.8 Å². The molecule has 0 saturated carbocycles. The fourth-order valence-corrected chi connectivity index (χ4v) is 6.75. The second kappa shape index (κ2) is 8.45. The molecule has 2 aromatic rings. The Bertz CT molecular complexity index is 801. The van der Waals surface area contributed by atoms with E-state index in [2.05, 4.69) is 9.34 Å². The van der Waals surface area contributed by atoms with Gasteiger partial charge in [-0.2, -0.15) is 0 Å². The first-order valence-electron chi connectivity index (χ1n) is 9.23. The van der Waals surface area contributed by atoms with Gasteiger partial charge < -0.3 is 14.1 Å². The van der Waals surface area contributed by atoms with Gasteiger partial charge in [-0.15, -0.1) is 0 Å². The highest BCUT2D eigenvalue weighted by atomic mass is 31.2. The molecule has 2 aromatic carbocycles. The van der Waals surface area contributed by atoms with E-state index in [1.807, 2.05) is 73.7 Å². The smallest absolute Gasteiger partial charge is 0.310 e. The Labute approximate surface area is 161 Å². The Morgan fingerprint density at radius 1 is 1.04 bits per heavy atom. The largest absolute Gasteiger partial charge is 0.466 e. The summed E-state index contributed by atoms with van der Waals surface area (Å²) in [7, 11) is -2.69. The van der Waals surface area contributed by atoms with Crippen molar-refractivity contribution in [3.8, 4) is 0 Å². The Morgan fingerprint density at radius 2 is 1.52 bits per heavy atom. The average molecular weight is 383 g/mol. The number of allylic oxidation sites excluding steroid dienone is 1. The van der Waals surface area contributed by atoms with Crippen molar-refractivity contribution in [1.82, 2.24) is 0 Å². The zero-order chi connectivity index (χ0) is 19.3. The number of carbonyl (C=O) groups is 1. The van der Waals surface area contributed by atoms with Crippen molar-refractivity contribution in [3.63, 3.8) is 0 Å². The summed E-state index contributed by atoms with van der Waals surface area (Å²) >= 11 is 0. The summed E-state index contributed by atoms with van der Waals surface area (Å²) in [5.41, 5.74) is 2.03. The molecular formula is C21H26N3O2P. The fraction of sp³-hybridized carbons (Fsp3) is 0.286. The number of para-hydroxylation sites is 2. The molecule has 1 aliphatic rings. The summed E-state index contributed by atoms with van der Waals surface area (Å²) in [6.45, 7) is 5.56. The number of rotatable bonds is 6. The van der Waals surface area contributed by atoms with Crippen molar-refractivity contribution in [1.29, 1.82) is 5.16 Å². The molecule has 1 heterocycles. The summed E-state index contributed by atoms with van der Waals surface area (Å²) in [5, 5.41) is 10.5. The Morgan fingerprint density at radius 3 is 1.93 bits per heavy atom. The molecule has 0 aliphatic carbocycles. The van der Waals surface area contributed by atoms with E-state index >= 15 is 0 Å². The normalized spacial score (nSPS) is 16.4. The minimum atomic E-state index is -2.69. The number of ether oxygens (including phenoxy) is 1. The molecule has 0 unspecified atom stereocenters. The van der Waals surface area contributed by atoms with Gasteiger partial charge in [-0.25, -0.2) is 0 Å². The summed E-state index contributed by atoms with van der Waals surface area (Å²) in [6.07, 6.45) is 2.07. The monoisotopic (exact) mass is 383 g/mol. The third-order valence-corrected chi connectivity index (χ3v) is 8.17. The molecule has 0 aromatic heterocycles. The zero-order valence-corrected chi connectivity index (χ0v) is 16.7. The molecule has 27 heavy (non-hydrogen) atoms.